The molecule has 4 nitrogen and oxygen atoms in total. The molecule has 1 aromatic heterocycles. The van der Waals surface area contributed by atoms with Crippen molar-refractivity contribution in [1.82, 2.24) is 9.97 Å². The normalized spacial score (nSPS) is 16.0. The van der Waals surface area contributed by atoms with E-state index in [9.17, 15) is 0 Å². The SMILES string of the molecule is CCc1nc(N2CCCC2)nc(N)c1C. The van der Waals surface area contributed by atoms with Crippen LogP contribution in [0.15, 0.2) is 0 Å². The van der Waals surface area contributed by atoms with E-state index in [0.717, 1.165) is 36.7 Å². The van der Waals surface area contributed by atoms with E-state index < -0.39 is 0 Å². The van der Waals surface area contributed by atoms with Crippen LogP contribution in [0.4, 0.5) is 11.8 Å². The van der Waals surface area contributed by atoms with Gasteiger partial charge in [0.25, 0.3) is 0 Å². The topological polar surface area (TPSA) is 55.0 Å². The second-order valence-electron chi connectivity index (χ2n) is 4.03. The van der Waals surface area contributed by atoms with Crippen molar-refractivity contribution < 1.29 is 0 Å². The van der Waals surface area contributed by atoms with Gasteiger partial charge in [0.15, 0.2) is 0 Å². The molecule has 15 heavy (non-hydrogen) atoms. The third-order valence-corrected chi connectivity index (χ3v) is 3.00. The van der Waals surface area contributed by atoms with Gasteiger partial charge in [0.1, 0.15) is 5.82 Å². The molecule has 1 aromatic rings. The lowest BCUT2D eigenvalue weighted by atomic mass is 10.2. The van der Waals surface area contributed by atoms with E-state index >= 15 is 0 Å². The van der Waals surface area contributed by atoms with Crippen molar-refractivity contribution in [3.8, 4) is 0 Å². The Morgan fingerprint density at radius 3 is 2.53 bits per heavy atom. The van der Waals surface area contributed by atoms with Gasteiger partial charge in [-0.2, -0.15) is 4.98 Å². The van der Waals surface area contributed by atoms with Crippen LogP contribution in [0, 0.1) is 6.92 Å². The zero-order chi connectivity index (χ0) is 10.8. The number of hydrogen-bond acceptors (Lipinski definition) is 4. The number of anilines is 2. The highest BCUT2D eigenvalue weighted by Gasteiger charge is 2.17. The molecular formula is C11H18N4. The Morgan fingerprint density at radius 2 is 1.93 bits per heavy atom. The summed E-state index contributed by atoms with van der Waals surface area (Å²) in [4.78, 5) is 11.1. The van der Waals surface area contributed by atoms with Crippen molar-refractivity contribution in [1.29, 1.82) is 0 Å². The van der Waals surface area contributed by atoms with Gasteiger partial charge in [-0.3, -0.25) is 0 Å². The molecule has 0 saturated carbocycles. The largest absolute Gasteiger partial charge is 0.383 e. The van der Waals surface area contributed by atoms with Crippen LogP contribution in [0.3, 0.4) is 0 Å². The first-order chi connectivity index (χ1) is 7.22. The van der Waals surface area contributed by atoms with Crippen LogP contribution >= 0.6 is 0 Å². The summed E-state index contributed by atoms with van der Waals surface area (Å²) in [6.07, 6.45) is 3.39. The van der Waals surface area contributed by atoms with Gasteiger partial charge in [0.2, 0.25) is 5.95 Å². The summed E-state index contributed by atoms with van der Waals surface area (Å²) in [6, 6.07) is 0. The molecule has 1 aliphatic rings. The lowest BCUT2D eigenvalue weighted by Gasteiger charge is -2.17. The van der Waals surface area contributed by atoms with Crippen LogP contribution in [-0.2, 0) is 6.42 Å². The molecule has 82 valence electrons. The lowest BCUT2D eigenvalue weighted by Crippen LogP contribution is -2.22. The Morgan fingerprint density at radius 1 is 1.27 bits per heavy atom. The molecule has 0 atom stereocenters. The quantitative estimate of drug-likeness (QED) is 0.797. The molecule has 2 rings (SSSR count). The van der Waals surface area contributed by atoms with Crippen molar-refractivity contribution in [2.24, 2.45) is 0 Å². The summed E-state index contributed by atoms with van der Waals surface area (Å²) in [6.45, 7) is 6.21. The van der Waals surface area contributed by atoms with Crippen LogP contribution in [0.2, 0.25) is 0 Å². The predicted octanol–water partition coefficient (Wildman–Crippen LogP) is 1.53. The lowest BCUT2D eigenvalue weighted by molar-refractivity contribution is 0.869. The van der Waals surface area contributed by atoms with Crippen molar-refractivity contribution in [2.75, 3.05) is 23.7 Å². The standard InChI is InChI=1S/C11H18N4/c1-3-9-8(2)10(12)14-11(13-9)15-6-4-5-7-15/h3-7H2,1-2H3,(H2,12,13,14). The molecule has 0 aliphatic carbocycles. The molecule has 0 radical (unpaired) electrons. The third kappa shape index (κ3) is 1.89. The molecule has 0 spiro atoms. The Bertz CT molecular complexity index is 356. The van der Waals surface area contributed by atoms with Gasteiger partial charge >= 0.3 is 0 Å². The van der Waals surface area contributed by atoms with Crippen LogP contribution in [0.5, 0.6) is 0 Å². The molecule has 0 unspecified atom stereocenters. The maximum atomic E-state index is 5.89. The minimum absolute atomic E-state index is 0.628. The summed E-state index contributed by atoms with van der Waals surface area (Å²) in [5, 5.41) is 0. The van der Waals surface area contributed by atoms with Gasteiger partial charge in [-0.1, -0.05) is 6.92 Å². The van der Waals surface area contributed by atoms with Gasteiger partial charge in [0.05, 0.1) is 5.69 Å². The van der Waals surface area contributed by atoms with E-state index in [1.54, 1.807) is 0 Å². The number of nitrogens with two attached hydrogens (primary N) is 1. The third-order valence-electron chi connectivity index (χ3n) is 3.00. The van der Waals surface area contributed by atoms with Crippen molar-refractivity contribution >= 4 is 11.8 Å². The summed E-state index contributed by atoms with van der Waals surface area (Å²) in [5.41, 5.74) is 7.99. The minimum Gasteiger partial charge on any atom is -0.383 e. The van der Waals surface area contributed by atoms with Crippen LogP contribution < -0.4 is 10.6 Å². The summed E-state index contributed by atoms with van der Waals surface area (Å²) in [7, 11) is 0. The summed E-state index contributed by atoms with van der Waals surface area (Å²) >= 11 is 0. The Labute approximate surface area is 90.5 Å². The molecule has 0 aromatic carbocycles. The molecule has 0 bridgehead atoms. The molecule has 1 aliphatic heterocycles. The highest BCUT2D eigenvalue weighted by atomic mass is 15.3. The van der Waals surface area contributed by atoms with E-state index in [2.05, 4.69) is 21.8 Å². The molecule has 4 heteroatoms. The van der Waals surface area contributed by atoms with E-state index in [1.165, 1.54) is 12.8 Å². The first-order valence-electron chi connectivity index (χ1n) is 5.60. The van der Waals surface area contributed by atoms with Crippen molar-refractivity contribution in [3.05, 3.63) is 11.3 Å². The highest BCUT2D eigenvalue weighted by Crippen LogP contribution is 2.20. The van der Waals surface area contributed by atoms with Gasteiger partial charge in [0, 0.05) is 18.7 Å². The average Bonchev–Trinajstić information content (AvgIpc) is 2.75. The Balaban J connectivity index is 2.35. The van der Waals surface area contributed by atoms with Gasteiger partial charge in [-0.05, 0) is 26.2 Å². The number of hydrogen-bond donors (Lipinski definition) is 1. The fourth-order valence-electron chi connectivity index (χ4n) is 1.97. The number of nitrogens with zero attached hydrogens (tertiary/aromatic N) is 3. The van der Waals surface area contributed by atoms with E-state index in [-0.39, 0.29) is 0 Å². The maximum absolute atomic E-state index is 5.89. The fraction of sp³-hybridized carbons (Fsp3) is 0.636. The van der Waals surface area contributed by atoms with Gasteiger partial charge in [-0.15, -0.1) is 0 Å². The Kier molecular flexibility index (Phi) is 2.75. The van der Waals surface area contributed by atoms with Gasteiger partial charge in [-0.25, -0.2) is 4.98 Å². The monoisotopic (exact) mass is 206 g/mol. The number of rotatable bonds is 2. The summed E-state index contributed by atoms with van der Waals surface area (Å²) in [5.74, 6) is 1.44. The zero-order valence-corrected chi connectivity index (χ0v) is 9.45. The number of aryl methyl sites for hydroxylation is 1. The fourth-order valence-corrected chi connectivity index (χ4v) is 1.97. The first-order valence-corrected chi connectivity index (χ1v) is 5.60. The van der Waals surface area contributed by atoms with Crippen molar-refractivity contribution in [3.63, 3.8) is 0 Å². The molecule has 0 amide bonds. The highest BCUT2D eigenvalue weighted by molar-refractivity contribution is 5.47. The van der Waals surface area contributed by atoms with E-state index in [0.29, 0.717) is 5.82 Å². The van der Waals surface area contributed by atoms with E-state index in [1.807, 2.05) is 6.92 Å². The minimum atomic E-state index is 0.628. The molecule has 2 N–H and O–H groups in total. The van der Waals surface area contributed by atoms with Crippen LogP contribution in [0.1, 0.15) is 31.0 Å². The number of aromatic nitrogens is 2. The second kappa shape index (κ2) is 4.04. The molecule has 1 saturated heterocycles. The average molecular weight is 206 g/mol. The number of nitrogen functional groups attached to an aromatic ring is 1. The first kappa shape index (κ1) is 10.2. The van der Waals surface area contributed by atoms with Crippen LogP contribution in [0.25, 0.3) is 0 Å². The summed E-state index contributed by atoms with van der Waals surface area (Å²) < 4.78 is 0. The molecule has 2 heterocycles. The van der Waals surface area contributed by atoms with Crippen LogP contribution in [-0.4, -0.2) is 23.1 Å². The Hall–Kier alpha value is -1.32. The van der Waals surface area contributed by atoms with Gasteiger partial charge < -0.3 is 10.6 Å². The zero-order valence-electron chi connectivity index (χ0n) is 9.45. The predicted molar refractivity (Wildman–Crippen MR) is 62.0 cm³/mol. The molecular weight excluding hydrogens is 188 g/mol. The molecule has 1 fully saturated rings. The van der Waals surface area contributed by atoms with Crippen molar-refractivity contribution in [2.45, 2.75) is 33.1 Å². The second-order valence-corrected chi connectivity index (χ2v) is 4.03. The van der Waals surface area contributed by atoms with E-state index in [4.69, 9.17) is 5.73 Å². The maximum Gasteiger partial charge on any atom is 0.227 e. The smallest absolute Gasteiger partial charge is 0.227 e.